The number of nitrogens with one attached hydrogen (secondary N) is 1. The number of rotatable bonds is 5. The summed E-state index contributed by atoms with van der Waals surface area (Å²) in [7, 11) is 0. The van der Waals surface area contributed by atoms with E-state index in [2.05, 4.69) is 29.5 Å². The molecule has 0 saturated heterocycles. The summed E-state index contributed by atoms with van der Waals surface area (Å²) in [5.41, 5.74) is 1.77. The van der Waals surface area contributed by atoms with E-state index in [-0.39, 0.29) is 0 Å². The van der Waals surface area contributed by atoms with Gasteiger partial charge in [-0.25, -0.2) is 0 Å². The smallest absolute Gasteiger partial charge is 0.129 e. The zero-order valence-electron chi connectivity index (χ0n) is 11.1. The maximum Gasteiger partial charge on any atom is 0.129 e. The molecule has 1 aromatic rings. The van der Waals surface area contributed by atoms with Crippen molar-refractivity contribution in [1.82, 2.24) is 15.1 Å². The zero-order valence-corrected chi connectivity index (χ0v) is 11.1. The van der Waals surface area contributed by atoms with Gasteiger partial charge < -0.3 is 0 Å². The summed E-state index contributed by atoms with van der Waals surface area (Å²) >= 11 is 0. The lowest BCUT2D eigenvalue weighted by atomic mass is 9.94. The van der Waals surface area contributed by atoms with Gasteiger partial charge in [0.2, 0.25) is 0 Å². The van der Waals surface area contributed by atoms with Crippen molar-refractivity contribution in [2.24, 2.45) is 5.92 Å². The molecule has 96 valence electrons. The van der Waals surface area contributed by atoms with Gasteiger partial charge in [-0.05, 0) is 51.5 Å². The molecule has 2 aliphatic carbocycles. The average Bonchev–Trinajstić information content (AvgIpc) is 3.20. The van der Waals surface area contributed by atoms with Gasteiger partial charge in [0, 0.05) is 11.7 Å². The lowest BCUT2D eigenvalue weighted by Crippen LogP contribution is -2.51. The van der Waals surface area contributed by atoms with E-state index in [9.17, 15) is 5.26 Å². The number of nitrogens with zero attached hydrogens (tertiary/aromatic N) is 3. The molecule has 1 N–H and O–H groups in total. The first-order valence-corrected chi connectivity index (χ1v) is 6.83. The molecule has 3 rings (SSSR count). The van der Waals surface area contributed by atoms with E-state index in [1.54, 1.807) is 0 Å². The van der Waals surface area contributed by atoms with Gasteiger partial charge in [0.05, 0.1) is 18.3 Å². The second-order valence-electron chi connectivity index (χ2n) is 5.86. The van der Waals surface area contributed by atoms with Crippen molar-refractivity contribution in [3.63, 3.8) is 0 Å². The third-order valence-corrected chi connectivity index (χ3v) is 4.02. The van der Waals surface area contributed by atoms with Crippen LogP contribution in [0.2, 0.25) is 0 Å². The standard InChI is InChI=1S/C14H20N4/c1-10-7-11(2)18(17-10)9-14(8-15,12-3-4-12)16-13-5-6-13/h7,12-13,16H,3-6,9H2,1-2H3. The van der Waals surface area contributed by atoms with Crippen molar-refractivity contribution in [3.05, 3.63) is 17.5 Å². The molecule has 4 nitrogen and oxygen atoms in total. The fourth-order valence-electron chi connectivity index (χ4n) is 2.69. The summed E-state index contributed by atoms with van der Waals surface area (Å²) in [5.74, 6) is 0.506. The third kappa shape index (κ3) is 2.15. The monoisotopic (exact) mass is 244 g/mol. The van der Waals surface area contributed by atoms with Gasteiger partial charge in [0.25, 0.3) is 0 Å². The minimum absolute atomic E-state index is 0.398. The van der Waals surface area contributed by atoms with Crippen LogP contribution in [-0.2, 0) is 6.54 Å². The van der Waals surface area contributed by atoms with Crippen LogP contribution < -0.4 is 5.32 Å². The molecular formula is C14H20N4. The second kappa shape index (κ2) is 4.10. The van der Waals surface area contributed by atoms with Crippen LogP contribution in [0.3, 0.4) is 0 Å². The van der Waals surface area contributed by atoms with Gasteiger partial charge in [-0.2, -0.15) is 10.4 Å². The van der Waals surface area contributed by atoms with E-state index in [4.69, 9.17) is 0 Å². The van der Waals surface area contributed by atoms with Crippen LogP contribution >= 0.6 is 0 Å². The highest BCUT2D eigenvalue weighted by Gasteiger charge is 2.48. The Bertz CT molecular complexity index is 490. The molecule has 2 saturated carbocycles. The van der Waals surface area contributed by atoms with E-state index in [0.717, 1.165) is 11.4 Å². The predicted molar refractivity (Wildman–Crippen MR) is 68.9 cm³/mol. The van der Waals surface area contributed by atoms with Crippen LogP contribution in [0.1, 0.15) is 37.1 Å². The molecule has 0 aromatic carbocycles. The molecule has 0 amide bonds. The minimum Gasteiger partial charge on any atom is -0.295 e. The first kappa shape index (κ1) is 11.7. The Morgan fingerprint density at radius 2 is 2.17 bits per heavy atom. The van der Waals surface area contributed by atoms with Crippen LogP contribution in [0, 0.1) is 31.1 Å². The summed E-state index contributed by atoms with van der Waals surface area (Å²) < 4.78 is 1.99. The van der Waals surface area contributed by atoms with E-state index in [0.29, 0.717) is 18.5 Å². The Morgan fingerprint density at radius 1 is 1.44 bits per heavy atom. The summed E-state index contributed by atoms with van der Waals surface area (Å²) in [5, 5.41) is 17.8. The highest BCUT2D eigenvalue weighted by molar-refractivity contribution is 5.18. The van der Waals surface area contributed by atoms with Crippen LogP contribution in [0.15, 0.2) is 6.07 Å². The zero-order chi connectivity index (χ0) is 12.8. The molecule has 2 aliphatic rings. The fourth-order valence-corrected chi connectivity index (χ4v) is 2.69. The summed E-state index contributed by atoms with van der Waals surface area (Å²) in [6.07, 6.45) is 4.78. The topological polar surface area (TPSA) is 53.6 Å². The second-order valence-corrected chi connectivity index (χ2v) is 5.86. The maximum absolute atomic E-state index is 9.67. The van der Waals surface area contributed by atoms with Crippen LogP contribution in [-0.4, -0.2) is 21.4 Å². The van der Waals surface area contributed by atoms with Crippen molar-refractivity contribution < 1.29 is 0 Å². The normalized spacial score (nSPS) is 22.5. The van der Waals surface area contributed by atoms with E-state index < -0.39 is 5.54 Å². The molecule has 1 unspecified atom stereocenters. The Balaban J connectivity index is 1.84. The highest BCUT2D eigenvalue weighted by atomic mass is 15.3. The molecular weight excluding hydrogens is 224 g/mol. The summed E-state index contributed by atoms with van der Waals surface area (Å²) in [6.45, 7) is 4.75. The van der Waals surface area contributed by atoms with Crippen molar-refractivity contribution >= 4 is 0 Å². The number of hydrogen-bond donors (Lipinski definition) is 1. The van der Waals surface area contributed by atoms with Gasteiger partial charge in [0.15, 0.2) is 0 Å². The minimum atomic E-state index is -0.398. The highest BCUT2D eigenvalue weighted by Crippen LogP contribution is 2.42. The largest absolute Gasteiger partial charge is 0.295 e. The number of aromatic nitrogens is 2. The molecule has 0 spiro atoms. The van der Waals surface area contributed by atoms with Crippen molar-refractivity contribution in [3.8, 4) is 6.07 Å². The lowest BCUT2D eigenvalue weighted by molar-refractivity contribution is 0.299. The maximum atomic E-state index is 9.67. The molecule has 1 atom stereocenters. The Labute approximate surface area is 108 Å². The van der Waals surface area contributed by atoms with Gasteiger partial charge >= 0.3 is 0 Å². The Hall–Kier alpha value is -1.34. The van der Waals surface area contributed by atoms with Gasteiger partial charge in [-0.3, -0.25) is 10.00 Å². The molecule has 1 aromatic heterocycles. The van der Waals surface area contributed by atoms with Gasteiger partial charge in [-0.1, -0.05) is 0 Å². The van der Waals surface area contributed by atoms with Gasteiger partial charge in [-0.15, -0.1) is 0 Å². The van der Waals surface area contributed by atoms with E-state index in [1.807, 2.05) is 11.6 Å². The fraction of sp³-hybridized carbons (Fsp3) is 0.714. The number of nitriles is 1. The third-order valence-electron chi connectivity index (χ3n) is 4.02. The summed E-state index contributed by atoms with van der Waals surface area (Å²) in [4.78, 5) is 0. The molecule has 18 heavy (non-hydrogen) atoms. The van der Waals surface area contributed by atoms with Crippen LogP contribution in [0.5, 0.6) is 0 Å². The predicted octanol–water partition coefficient (Wildman–Crippen LogP) is 1.92. The lowest BCUT2D eigenvalue weighted by Gasteiger charge is -2.28. The first-order valence-electron chi connectivity index (χ1n) is 6.83. The molecule has 4 heteroatoms. The molecule has 0 bridgehead atoms. The van der Waals surface area contributed by atoms with Gasteiger partial charge in [0.1, 0.15) is 5.54 Å². The van der Waals surface area contributed by atoms with Crippen molar-refractivity contribution in [1.29, 1.82) is 5.26 Å². The Kier molecular flexibility index (Phi) is 2.67. The van der Waals surface area contributed by atoms with Crippen molar-refractivity contribution in [2.75, 3.05) is 0 Å². The van der Waals surface area contributed by atoms with Crippen molar-refractivity contribution in [2.45, 2.75) is 57.7 Å². The Morgan fingerprint density at radius 3 is 2.61 bits per heavy atom. The van der Waals surface area contributed by atoms with E-state index in [1.165, 1.54) is 25.7 Å². The molecule has 0 radical (unpaired) electrons. The number of aryl methyl sites for hydroxylation is 2. The SMILES string of the molecule is Cc1cc(C)n(CC(C#N)(NC2CC2)C2CC2)n1. The quantitative estimate of drug-likeness (QED) is 0.861. The van der Waals surface area contributed by atoms with Crippen LogP contribution in [0.25, 0.3) is 0 Å². The molecule has 0 aliphatic heterocycles. The van der Waals surface area contributed by atoms with E-state index >= 15 is 0 Å². The average molecular weight is 244 g/mol. The van der Waals surface area contributed by atoms with Crippen LogP contribution in [0.4, 0.5) is 0 Å². The molecule has 1 heterocycles. The number of hydrogen-bond acceptors (Lipinski definition) is 3. The first-order chi connectivity index (χ1) is 8.63. The molecule has 2 fully saturated rings. The summed E-state index contributed by atoms with van der Waals surface area (Å²) in [6, 6.07) is 5.20.